The summed E-state index contributed by atoms with van der Waals surface area (Å²) in [5.74, 6) is -14.8. The molecule has 0 N–H and O–H groups in total. The molecule has 0 fully saturated rings. The average molecular weight is 492 g/mol. The van der Waals surface area contributed by atoms with E-state index in [1.54, 1.807) is 0 Å². The van der Waals surface area contributed by atoms with Crippen LogP contribution in [0.1, 0.15) is 20.8 Å². The smallest absolute Gasteiger partial charge is 0.460 e. The average Bonchev–Trinajstić information content (AvgIpc) is 2.51. The Kier molecular flexibility index (Phi) is 8.48. The Hall–Kier alpha value is -1.77. The van der Waals surface area contributed by atoms with Crippen LogP contribution in [0.2, 0.25) is 0 Å². The number of nitrogens with zero attached hydrogens (tertiary/aromatic N) is 2. The maximum atomic E-state index is 12.2. The van der Waals surface area contributed by atoms with Crippen LogP contribution in [0.3, 0.4) is 0 Å². The van der Waals surface area contributed by atoms with E-state index in [9.17, 15) is 52.5 Å². The fourth-order valence-corrected chi connectivity index (χ4v) is 2.36. The lowest BCUT2D eigenvalue weighted by atomic mass is 9.97. The number of pyridine rings is 1. The number of halogens is 9. The quantitative estimate of drug-likeness (QED) is 0.354. The van der Waals surface area contributed by atoms with Crippen molar-refractivity contribution < 1.29 is 57.1 Å². The number of alkyl halides is 9. The Balaban J connectivity index is 0.000000590. The molecule has 0 atom stereocenters. The molecule has 1 rings (SSSR count). The van der Waals surface area contributed by atoms with E-state index in [0.717, 1.165) is 6.54 Å². The Bertz CT molecular complexity index is 831. The predicted octanol–water partition coefficient (Wildman–Crippen LogP) is 4.04. The Morgan fingerprint density at radius 2 is 1.26 bits per heavy atom. The predicted molar refractivity (Wildman–Crippen MR) is 91.0 cm³/mol. The summed E-state index contributed by atoms with van der Waals surface area (Å²) in [6.45, 7) is 7.81. The van der Waals surface area contributed by atoms with Crippen molar-refractivity contribution in [2.45, 2.75) is 50.6 Å². The molecule has 15 heteroatoms. The lowest BCUT2D eigenvalue weighted by Gasteiger charge is -2.34. The molecule has 0 aliphatic rings. The Labute approximate surface area is 173 Å². The van der Waals surface area contributed by atoms with Crippen LogP contribution in [0, 0.1) is 5.41 Å². The van der Waals surface area contributed by atoms with Crippen molar-refractivity contribution in [3.05, 3.63) is 24.5 Å². The molecular weight excluding hydrogens is 471 g/mol. The fourth-order valence-electron chi connectivity index (χ4n) is 1.92. The molecule has 0 unspecified atom stereocenters. The highest BCUT2D eigenvalue weighted by molar-refractivity contribution is 7.86. The minimum absolute atomic E-state index is 0.338. The number of anilines is 1. The summed E-state index contributed by atoms with van der Waals surface area (Å²) in [4.78, 5) is 2.11. The van der Waals surface area contributed by atoms with Crippen molar-refractivity contribution in [1.29, 1.82) is 0 Å². The van der Waals surface area contributed by atoms with Gasteiger partial charge in [-0.1, -0.05) is 20.8 Å². The van der Waals surface area contributed by atoms with Crippen LogP contribution < -0.4 is 9.47 Å². The van der Waals surface area contributed by atoms with E-state index >= 15 is 0 Å². The van der Waals surface area contributed by atoms with Gasteiger partial charge < -0.3 is 9.45 Å². The largest absolute Gasteiger partial charge is 0.743 e. The van der Waals surface area contributed by atoms with Gasteiger partial charge in [-0.25, -0.2) is 13.0 Å². The third-order valence-electron chi connectivity index (χ3n) is 3.48. The third-order valence-corrected chi connectivity index (χ3v) is 4.36. The normalized spacial score (nSPS) is 14.0. The van der Waals surface area contributed by atoms with Crippen LogP contribution in [0.5, 0.6) is 0 Å². The van der Waals surface area contributed by atoms with E-state index in [0.29, 0.717) is 5.41 Å². The second-order valence-electron chi connectivity index (χ2n) is 7.80. The SMILES string of the molecule is CN(C)c1cc[n+](CC(C)(C)C)cc1.O=S(=O)([O-])C(F)(F)C(F)(F)C(F)(F)C(F)(F)F. The van der Waals surface area contributed by atoms with Gasteiger partial charge in [0.1, 0.15) is 0 Å². The molecule has 182 valence electrons. The second-order valence-corrected chi connectivity index (χ2v) is 9.22. The molecule has 1 heterocycles. The van der Waals surface area contributed by atoms with Crippen molar-refractivity contribution in [1.82, 2.24) is 0 Å². The molecule has 0 aliphatic carbocycles. The minimum atomic E-state index is -7.43. The summed E-state index contributed by atoms with van der Waals surface area (Å²) in [6, 6.07) is 4.29. The Morgan fingerprint density at radius 3 is 1.52 bits per heavy atom. The molecule has 5 nitrogen and oxygen atoms in total. The van der Waals surface area contributed by atoms with Crippen LogP contribution in [0.15, 0.2) is 24.5 Å². The van der Waals surface area contributed by atoms with Gasteiger partial charge in [-0.2, -0.15) is 39.5 Å². The summed E-state index contributed by atoms with van der Waals surface area (Å²) < 4.78 is 138. The highest BCUT2D eigenvalue weighted by Gasteiger charge is 2.83. The Morgan fingerprint density at radius 1 is 0.871 bits per heavy atom. The van der Waals surface area contributed by atoms with Crippen molar-refractivity contribution in [2.24, 2.45) is 5.41 Å². The van der Waals surface area contributed by atoms with Crippen LogP contribution in [-0.4, -0.2) is 50.3 Å². The van der Waals surface area contributed by atoms with Gasteiger partial charge in [0.25, 0.3) is 0 Å². The summed E-state index contributed by atoms with van der Waals surface area (Å²) in [6.07, 6.45) is -2.88. The molecule has 0 aromatic carbocycles. The lowest BCUT2D eigenvalue weighted by molar-refractivity contribution is -0.708. The first kappa shape index (κ1) is 29.2. The van der Waals surface area contributed by atoms with Crippen LogP contribution >= 0.6 is 0 Å². The van der Waals surface area contributed by atoms with E-state index < -0.39 is 33.4 Å². The number of rotatable bonds is 5. The van der Waals surface area contributed by atoms with Gasteiger partial charge in [0, 0.05) is 37.3 Å². The van der Waals surface area contributed by atoms with E-state index in [1.807, 2.05) is 0 Å². The van der Waals surface area contributed by atoms with Gasteiger partial charge >= 0.3 is 23.3 Å². The number of hydrogen-bond acceptors (Lipinski definition) is 4. The highest BCUT2D eigenvalue weighted by Crippen LogP contribution is 2.54. The zero-order valence-corrected chi connectivity index (χ0v) is 17.8. The van der Waals surface area contributed by atoms with Crippen molar-refractivity contribution >= 4 is 15.8 Å². The van der Waals surface area contributed by atoms with E-state index in [-0.39, 0.29) is 0 Å². The van der Waals surface area contributed by atoms with Gasteiger partial charge in [0.05, 0.1) is 0 Å². The van der Waals surface area contributed by atoms with Crippen LogP contribution in [0.25, 0.3) is 0 Å². The first-order valence-electron chi connectivity index (χ1n) is 8.20. The molecule has 1 aromatic rings. The lowest BCUT2D eigenvalue weighted by Crippen LogP contribution is -2.63. The molecule has 0 saturated heterocycles. The number of hydrogen-bond donors (Lipinski definition) is 0. The molecule has 0 spiro atoms. The molecule has 0 amide bonds. The third kappa shape index (κ3) is 6.85. The molecule has 1 aromatic heterocycles. The number of aromatic nitrogens is 1. The minimum Gasteiger partial charge on any atom is -0.743 e. The summed E-state index contributed by atoms with van der Waals surface area (Å²) in [5, 5.41) is -7.11. The zero-order chi connectivity index (χ0) is 25.3. The molecule has 31 heavy (non-hydrogen) atoms. The van der Waals surface area contributed by atoms with Gasteiger partial charge in [0.15, 0.2) is 29.1 Å². The van der Waals surface area contributed by atoms with Crippen LogP contribution in [-0.2, 0) is 16.7 Å². The van der Waals surface area contributed by atoms with Gasteiger partial charge in [-0.3, -0.25) is 0 Å². The molecular formula is C16H21F9N2O3S. The first-order chi connectivity index (χ1) is 13.4. The first-order valence-corrected chi connectivity index (χ1v) is 9.61. The summed E-state index contributed by atoms with van der Waals surface area (Å²) >= 11 is 0. The second kappa shape index (κ2) is 9.00. The fraction of sp³-hybridized carbons (Fsp3) is 0.688. The molecule has 0 saturated carbocycles. The summed E-state index contributed by atoms with van der Waals surface area (Å²) in [5.41, 5.74) is 1.58. The molecule has 0 aliphatic heterocycles. The zero-order valence-electron chi connectivity index (χ0n) is 16.9. The van der Waals surface area contributed by atoms with Gasteiger partial charge in [-0.15, -0.1) is 0 Å². The standard InChI is InChI=1S/C12H21N2.C4HF9O3S/c1-12(2,3)10-14-8-6-11(7-9-14)13(4)5;5-1(6,3(9,10)11)2(7,8)4(12,13)17(14,15)16/h6-9H,10H2,1-5H3;(H,14,15,16)/q+1;/p-1. The van der Waals surface area contributed by atoms with E-state index in [4.69, 9.17) is 0 Å². The van der Waals surface area contributed by atoms with Crippen molar-refractivity contribution in [3.8, 4) is 0 Å². The van der Waals surface area contributed by atoms with E-state index in [2.05, 4.69) is 68.9 Å². The molecule has 0 bridgehead atoms. The van der Waals surface area contributed by atoms with E-state index in [1.165, 1.54) is 5.69 Å². The van der Waals surface area contributed by atoms with Gasteiger partial charge in [-0.05, 0) is 0 Å². The van der Waals surface area contributed by atoms with Crippen molar-refractivity contribution in [3.63, 3.8) is 0 Å². The molecule has 0 radical (unpaired) electrons. The van der Waals surface area contributed by atoms with Crippen LogP contribution in [0.4, 0.5) is 45.2 Å². The van der Waals surface area contributed by atoms with Crippen molar-refractivity contribution in [2.75, 3.05) is 19.0 Å². The monoisotopic (exact) mass is 492 g/mol. The summed E-state index contributed by atoms with van der Waals surface area (Å²) in [7, 11) is -3.30. The van der Waals surface area contributed by atoms with Gasteiger partial charge in [0.2, 0.25) is 0 Å². The topological polar surface area (TPSA) is 64.3 Å². The maximum Gasteiger partial charge on any atom is 0.460 e. The maximum absolute atomic E-state index is 12.2. The highest BCUT2D eigenvalue weighted by atomic mass is 32.2.